The molecule has 7 heteroatoms. The molecule has 0 spiro atoms. The Hall–Kier alpha value is -2.42. The number of hydrogen-bond donors (Lipinski definition) is 3. The quantitative estimate of drug-likeness (QED) is 0.505. The van der Waals surface area contributed by atoms with Crippen LogP contribution in [0, 0.1) is 3.57 Å². The van der Waals surface area contributed by atoms with E-state index >= 15 is 0 Å². The highest BCUT2D eigenvalue weighted by molar-refractivity contribution is 14.1. The minimum Gasteiger partial charge on any atom is -0.480 e. The lowest BCUT2D eigenvalue weighted by Gasteiger charge is -2.21. The maximum Gasteiger partial charge on any atom is 0.326 e. The number of carbonyl (C=O) groups is 3. The molecule has 0 unspecified atom stereocenters. The third-order valence-corrected chi connectivity index (χ3v) is 4.66. The van der Waals surface area contributed by atoms with Gasteiger partial charge in [-0.05, 0) is 45.9 Å². The molecule has 27 heavy (non-hydrogen) atoms. The molecule has 142 valence electrons. The van der Waals surface area contributed by atoms with Crippen molar-refractivity contribution in [2.24, 2.45) is 0 Å². The Bertz CT molecular complexity index is 793. The van der Waals surface area contributed by atoms with Crippen LogP contribution in [0.2, 0.25) is 0 Å². The molecular weight excluding hydrogens is 459 g/mol. The predicted molar refractivity (Wildman–Crippen MR) is 110 cm³/mol. The van der Waals surface area contributed by atoms with Crippen LogP contribution in [-0.4, -0.2) is 35.0 Å². The minimum atomic E-state index is -1.12. The average Bonchev–Trinajstić information content (AvgIpc) is 2.62. The van der Waals surface area contributed by atoms with Crippen LogP contribution in [-0.2, 0) is 27.2 Å². The molecule has 0 aliphatic carbocycles. The molecule has 2 rings (SSSR count). The summed E-state index contributed by atoms with van der Waals surface area (Å²) in [5.41, 5.74) is 1.68. The molecule has 2 amide bonds. The first-order chi connectivity index (χ1) is 12.8. The summed E-state index contributed by atoms with van der Waals surface area (Å²) in [6.45, 7) is 1.32. The summed E-state index contributed by atoms with van der Waals surface area (Å²) in [6.07, 6.45) is 0.443. The van der Waals surface area contributed by atoms with Crippen molar-refractivity contribution >= 4 is 40.4 Å². The summed E-state index contributed by atoms with van der Waals surface area (Å²) in [5, 5.41) is 14.6. The van der Waals surface area contributed by atoms with E-state index in [4.69, 9.17) is 0 Å². The van der Waals surface area contributed by atoms with Gasteiger partial charge in [0.1, 0.15) is 12.1 Å². The lowest BCUT2D eigenvalue weighted by atomic mass is 10.0. The molecule has 0 aromatic heterocycles. The van der Waals surface area contributed by atoms with Crippen LogP contribution in [0.3, 0.4) is 0 Å². The third kappa shape index (κ3) is 7.01. The molecule has 0 aliphatic rings. The maximum atomic E-state index is 12.7. The zero-order valence-electron chi connectivity index (χ0n) is 14.8. The number of carboxylic acids is 1. The summed E-state index contributed by atoms with van der Waals surface area (Å²) in [5.74, 6) is -1.99. The summed E-state index contributed by atoms with van der Waals surface area (Å²) in [4.78, 5) is 35.7. The van der Waals surface area contributed by atoms with Crippen molar-refractivity contribution in [2.75, 3.05) is 0 Å². The number of carbonyl (C=O) groups excluding carboxylic acids is 2. The van der Waals surface area contributed by atoms with Gasteiger partial charge in [0.2, 0.25) is 11.8 Å². The Morgan fingerprint density at radius 3 is 2.00 bits per heavy atom. The average molecular weight is 480 g/mol. The molecule has 2 atom stereocenters. The topological polar surface area (TPSA) is 95.5 Å². The first kappa shape index (κ1) is 20.9. The van der Waals surface area contributed by atoms with Crippen molar-refractivity contribution in [2.45, 2.75) is 31.8 Å². The lowest BCUT2D eigenvalue weighted by molar-refractivity contribution is -0.142. The van der Waals surface area contributed by atoms with E-state index in [0.717, 1.165) is 14.7 Å². The van der Waals surface area contributed by atoms with Gasteiger partial charge in [0.15, 0.2) is 0 Å². The Balaban J connectivity index is 2.10. The van der Waals surface area contributed by atoms with Gasteiger partial charge in [-0.25, -0.2) is 4.79 Å². The molecule has 0 aliphatic heterocycles. The Labute approximate surface area is 171 Å². The highest BCUT2D eigenvalue weighted by Crippen LogP contribution is 2.10. The molecule has 0 heterocycles. The van der Waals surface area contributed by atoms with Crippen molar-refractivity contribution in [3.05, 3.63) is 69.3 Å². The van der Waals surface area contributed by atoms with Crippen LogP contribution in [0.15, 0.2) is 54.6 Å². The summed E-state index contributed by atoms with van der Waals surface area (Å²) in [6, 6.07) is 14.7. The monoisotopic (exact) mass is 480 g/mol. The van der Waals surface area contributed by atoms with Crippen LogP contribution < -0.4 is 10.6 Å². The van der Waals surface area contributed by atoms with Gasteiger partial charge in [0.05, 0.1) is 0 Å². The number of carboxylic acid groups (broad SMARTS) is 1. The van der Waals surface area contributed by atoms with Gasteiger partial charge in [0, 0.05) is 23.3 Å². The second-order valence-corrected chi connectivity index (χ2v) is 7.42. The summed E-state index contributed by atoms with van der Waals surface area (Å²) >= 11 is 2.17. The fraction of sp³-hybridized carbons (Fsp3) is 0.250. The molecule has 0 saturated carbocycles. The Kier molecular flexibility index (Phi) is 7.78. The molecule has 2 aromatic carbocycles. The van der Waals surface area contributed by atoms with E-state index in [1.165, 1.54) is 6.92 Å². The van der Waals surface area contributed by atoms with E-state index in [-0.39, 0.29) is 18.7 Å². The van der Waals surface area contributed by atoms with Gasteiger partial charge >= 0.3 is 5.97 Å². The van der Waals surface area contributed by atoms with E-state index in [9.17, 15) is 19.5 Å². The first-order valence-electron chi connectivity index (χ1n) is 8.44. The Morgan fingerprint density at radius 2 is 1.44 bits per heavy atom. The number of aliphatic carboxylic acids is 1. The van der Waals surface area contributed by atoms with Crippen molar-refractivity contribution in [1.29, 1.82) is 0 Å². The molecule has 0 fully saturated rings. The van der Waals surface area contributed by atoms with Crippen LogP contribution in [0.1, 0.15) is 18.1 Å². The van der Waals surface area contributed by atoms with E-state index in [2.05, 4.69) is 33.2 Å². The molecule has 2 aromatic rings. The van der Waals surface area contributed by atoms with E-state index in [1.807, 2.05) is 54.6 Å². The van der Waals surface area contributed by atoms with Crippen LogP contribution >= 0.6 is 22.6 Å². The normalized spacial score (nSPS) is 12.7. The third-order valence-electron chi connectivity index (χ3n) is 3.94. The molecule has 0 radical (unpaired) electrons. The fourth-order valence-corrected chi connectivity index (χ4v) is 2.99. The van der Waals surface area contributed by atoms with Gasteiger partial charge < -0.3 is 15.7 Å². The second kappa shape index (κ2) is 10.1. The number of hydrogen-bond acceptors (Lipinski definition) is 3. The smallest absolute Gasteiger partial charge is 0.326 e. The predicted octanol–water partition coefficient (Wildman–Crippen LogP) is 2.15. The van der Waals surface area contributed by atoms with Gasteiger partial charge in [-0.1, -0.05) is 42.5 Å². The van der Waals surface area contributed by atoms with Crippen molar-refractivity contribution in [3.8, 4) is 0 Å². The molecule has 3 N–H and O–H groups in total. The first-order valence-corrected chi connectivity index (χ1v) is 9.51. The van der Waals surface area contributed by atoms with E-state index in [0.29, 0.717) is 0 Å². The fourth-order valence-electron chi connectivity index (χ4n) is 2.63. The van der Waals surface area contributed by atoms with Gasteiger partial charge in [0.25, 0.3) is 0 Å². The summed E-state index contributed by atoms with van der Waals surface area (Å²) in [7, 11) is 0. The molecule has 6 nitrogen and oxygen atoms in total. The van der Waals surface area contributed by atoms with Gasteiger partial charge in [-0.3, -0.25) is 9.59 Å². The van der Waals surface area contributed by atoms with Crippen molar-refractivity contribution in [1.82, 2.24) is 10.6 Å². The molecule has 0 saturated heterocycles. The standard InChI is InChI=1S/C20H21IN2O4/c1-13(24)22-17(11-14-5-3-2-4-6-14)19(25)23-18(20(26)27)12-15-7-9-16(21)10-8-15/h2-10,17-18H,11-12H2,1H3,(H,22,24)(H,23,25)(H,26,27)/t17-,18+/m1/s1. The van der Waals surface area contributed by atoms with E-state index in [1.54, 1.807) is 0 Å². The van der Waals surface area contributed by atoms with Crippen molar-refractivity contribution in [3.63, 3.8) is 0 Å². The van der Waals surface area contributed by atoms with Crippen LogP contribution in [0.5, 0.6) is 0 Å². The number of benzene rings is 2. The lowest BCUT2D eigenvalue weighted by Crippen LogP contribution is -2.52. The SMILES string of the molecule is CC(=O)N[C@H](Cc1ccccc1)C(=O)N[C@@H](Cc1ccc(I)cc1)C(=O)O. The van der Waals surface area contributed by atoms with E-state index < -0.39 is 24.0 Å². The van der Waals surface area contributed by atoms with Gasteiger partial charge in [-0.15, -0.1) is 0 Å². The van der Waals surface area contributed by atoms with Crippen LogP contribution in [0.25, 0.3) is 0 Å². The number of amides is 2. The molecule has 0 bridgehead atoms. The number of halogens is 1. The summed E-state index contributed by atoms with van der Waals surface area (Å²) < 4.78 is 1.04. The second-order valence-electron chi connectivity index (χ2n) is 6.17. The highest BCUT2D eigenvalue weighted by atomic mass is 127. The van der Waals surface area contributed by atoms with Crippen molar-refractivity contribution < 1.29 is 19.5 Å². The zero-order chi connectivity index (χ0) is 19.8. The molecular formula is C20H21IN2O4. The number of nitrogens with one attached hydrogen (secondary N) is 2. The zero-order valence-corrected chi connectivity index (χ0v) is 17.0. The van der Waals surface area contributed by atoms with Crippen LogP contribution in [0.4, 0.5) is 0 Å². The Morgan fingerprint density at radius 1 is 0.889 bits per heavy atom. The van der Waals surface area contributed by atoms with Gasteiger partial charge in [-0.2, -0.15) is 0 Å². The maximum absolute atomic E-state index is 12.7. The largest absolute Gasteiger partial charge is 0.480 e. The minimum absolute atomic E-state index is 0.163. The number of rotatable bonds is 8. The highest BCUT2D eigenvalue weighted by Gasteiger charge is 2.26.